The summed E-state index contributed by atoms with van der Waals surface area (Å²) in [5.41, 5.74) is 0.649. The van der Waals surface area contributed by atoms with Gasteiger partial charge in [-0.15, -0.1) is 0 Å². The van der Waals surface area contributed by atoms with E-state index in [1.54, 1.807) is 0 Å². The Morgan fingerprint density at radius 3 is 2.15 bits per heavy atom. The van der Waals surface area contributed by atoms with Crippen LogP contribution in [0.4, 0.5) is 0 Å². The molecule has 3 rings (SSSR count). The Labute approximate surface area is 198 Å². The molecule has 2 fully saturated rings. The third kappa shape index (κ3) is 7.86. The molecule has 6 nitrogen and oxygen atoms in total. The lowest BCUT2D eigenvalue weighted by Gasteiger charge is -2.36. The first-order valence-electron chi connectivity index (χ1n) is 13.0. The van der Waals surface area contributed by atoms with Crippen molar-refractivity contribution in [3.05, 3.63) is 35.9 Å². The molecule has 1 heterocycles. The number of piperidine rings is 1. The van der Waals surface area contributed by atoms with Gasteiger partial charge in [0, 0.05) is 43.1 Å². The summed E-state index contributed by atoms with van der Waals surface area (Å²) < 4.78 is 0. The average molecular weight is 456 g/mol. The van der Waals surface area contributed by atoms with Crippen molar-refractivity contribution in [2.75, 3.05) is 13.1 Å². The number of amides is 3. The summed E-state index contributed by atoms with van der Waals surface area (Å²) in [6.45, 7) is 3.54. The van der Waals surface area contributed by atoms with Crippen LogP contribution in [0.5, 0.6) is 0 Å². The van der Waals surface area contributed by atoms with E-state index in [1.807, 2.05) is 35.2 Å². The zero-order chi connectivity index (χ0) is 23.5. The highest BCUT2D eigenvalue weighted by atomic mass is 16.2. The molecule has 6 heteroatoms. The molecule has 3 amide bonds. The second kappa shape index (κ2) is 13.4. The Kier molecular flexibility index (Phi) is 10.2. The molecule has 1 aliphatic carbocycles. The van der Waals surface area contributed by atoms with Crippen molar-refractivity contribution in [3.63, 3.8) is 0 Å². The van der Waals surface area contributed by atoms with Crippen LogP contribution in [-0.4, -0.2) is 47.8 Å². The van der Waals surface area contributed by atoms with Gasteiger partial charge in [0.2, 0.25) is 11.8 Å². The summed E-state index contributed by atoms with van der Waals surface area (Å²) in [6.07, 6.45) is 11.7. The quantitative estimate of drug-likeness (QED) is 0.512. The SMILES string of the molecule is CCCCCCCC(=O)N1CCC(C(=O)N[C@@H]2CCCC[C@H]2NC(=O)c2ccccc2)CC1. The minimum atomic E-state index is -0.0803. The van der Waals surface area contributed by atoms with Gasteiger partial charge in [0.1, 0.15) is 0 Å². The molecular weight excluding hydrogens is 414 g/mol. The highest BCUT2D eigenvalue weighted by Crippen LogP contribution is 2.23. The van der Waals surface area contributed by atoms with Crippen molar-refractivity contribution < 1.29 is 14.4 Å². The van der Waals surface area contributed by atoms with Crippen molar-refractivity contribution in [3.8, 4) is 0 Å². The lowest BCUT2D eigenvalue weighted by atomic mass is 9.88. The van der Waals surface area contributed by atoms with Crippen LogP contribution in [0.1, 0.15) is 94.3 Å². The molecule has 0 radical (unpaired) electrons. The molecular formula is C27H41N3O3. The summed E-state index contributed by atoms with van der Waals surface area (Å²) in [5.74, 6) is 0.183. The van der Waals surface area contributed by atoms with Crippen LogP contribution in [-0.2, 0) is 9.59 Å². The van der Waals surface area contributed by atoms with Crippen molar-refractivity contribution in [2.24, 2.45) is 5.92 Å². The van der Waals surface area contributed by atoms with Crippen LogP contribution in [0.2, 0.25) is 0 Å². The molecule has 2 aliphatic rings. The number of nitrogens with zero attached hydrogens (tertiary/aromatic N) is 1. The van der Waals surface area contributed by atoms with Crippen molar-refractivity contribution in [2.45, 2.75) is 96.1 Å². The van der Waals surface area contributed by atoms with Gasteiger partial charge in [0.15, 0.2) is 0 Å². The number of hydrogen-bond acceptors (Lipinski definition) is 3. The second-order valence-electron chi connectivity index (χ2n) is 9.66. The molecule has 1 aliphatic heterocycles. The van der Waals surface area contributed by atoms with E-state index < -0.39 is 0 Å². The third-order valence-electron chi connectivity index (χ3n) is 7.16. The zero-order valence-corrected chi connectivity index (χ0v) is 20.2. The van der Waals surface area contributed by atoms with E-state index in [2.05, 4.69) is 17.6 Å². The molecule has 0 aromatic heterocycles. The van der Waals surface area contributed by atoms with Gasteiger partial charge < -0.3 is 15.5 Å². The topological polar surface area (TPSA) is 78.5 Å². The molecule has 182 valence electrons. The molecule has 2 N–H and O–H groups in total. The van der Waals surface area contributed by atoms with Gasteiger partial charge in [-0.05, 0) is 44.2 Å². The Morgan fingerprint density at radius 2 is 1.48 bits per heavy atom. The molecule has 0 bridgehead atoms. The van der Waals surface area contributed by atoms with E-state index in [0.29, 0.717) is 25.1 Å². The fourth-order valence-corrected chi connectivity index (χ4v) is 5.05. The largest absolute Gasteiger partial charge is 0.351 e. The first kappa shape index (κ1) is 25.3. The Hall–Kier alpha value is -2.37. The van der Waals surface area contributed by atoms with E-state index in [-0.39, 0.29) is 35.7 Å². The Balaban J connectivity index is 1.42. The summed E-state index contributed by atoms with van der Waals surface area (Å²) in [7, 11) is 0. The molecule has 33 heavy (non-hydrogen) atoms. The predicted molar refractivity (Wildman–Crippen MR) is 131 cm³/mol. The van der Waals surface area contributed by atoms with E-state index in [0.717, 1.165) is 51.4 Å². The van der Waals surface area contributed by atoms with Crippen LogP contribution >= 0.6 is 0 Å². The molecule has 1 aromatic carbocycles. The minimum absolute atomic E-state index is 0.0262. The van der Waals surface area contributed by atoms with Crippen LogP contribution in [0.25, 0.3) is 0 Å². The first-order valence-corrected chi connectivity index (χ1v) is 13.0. The molecule has 1 saturated carbocycles. The Bertz CT molecular complexity index is 759. The van der Waals surface area contributed by atoms with Gasteiger partial charge in [-0.3, -0.25) is 14.4 Å². The number of benzene rings is 1. The van der Waals surface area contributed by atoms with E-state index in [4.69, 9.17) is 0 Å². The third-order valence-corrected chi connectivity index (χ3v) is 7.16. The summed E-state index contributed by atoms with van der Waals surface area (Å²) >= 11 is 0. The molecule has 1 saturated heterocycles. The number of rotatable bonds is 10. The molecule has 0 spiro atoms. The van der Waals surface area contributed by atoms with Gasteiger partial charge in [0.05, 0.1) is 0 Å². The maximum Gasteiger partial charge on any atom is 0.251 e. The smallest absolute Gasteiger partial charge is 0.251 e. The van der Waals surface area contributed by atoms with Crippen LogP contribution in [0.15, 0.2) is 30.3 Å². The average Bonchev–Trinajstić information content (AvgIpc) is 2.85. The number of unbranched alkanes of at least 4 members (excludes halogenated alkanes) is 4. The fraction of sp³-hybridized carbons (Fsp3) is 0.667. The van der Waals surface area contributed by atoms with Gasteiger partial charge >= 0.3 is 0 Å². The van der Waals surface area contributed by atoms with Crippen molar-refractivity contribution in [1.29, 1.82) is 0 Å². The minimum Gasteiger partial charge on any atom is -0.351 e. The highest BCUT2D eigenvalue weighted by Gasteiger charge is 2.32. The lowest BCUT2D eigenvalue weighted by Crippen LogP contribution is -2.55. The van der Waals surface area contributed by atoms with Gasteiger partial charge in [-0.2, -0.15) is 0 Å². The van der Waals surface area contributed by atoms with Crippen LogP contribution in [0, 0.1) is 5.92 Å². The van der Waals surface area contributed by atoms with Gasteiger partial charge in [0.25, 0.3) is 5.91 Å². The number of carbonyl (C=O) groups is 3. The van der Waals surface area contributed by atoms with Crippen LogP contribution in [0.3, 0.4) is 0 Å². The fourth-order valence-electron chi connectivity index (χ4n) is 5.05. The summed E-state index contributed by atoms with van der Waals surface area (Å²) in [6, 6.07) is 9.17. The monoisotopic (exact) mass is 455 g/mol. The highest BCUT2D eigenvalue weighted by molar-refractivity contribution is 5.94. The van der Waals surface area contributed by atoms with Crippen LogP contribution < -0.4 is 10.6 Å². The predicted octanol–water partition coefficient (Wildman–Crippen LogP) is 4.44. The molecule has 0 unspecified atom stereocenters. The van der Waals surface area contributed by atoms with Gasteiger partial charge in [-0.1, -0.05) is 63.6 Å². The van der Waals surface area contributed by atoms with Crippen molar-refractivity contribution in [1.82, 2.24) is 15.5 Å². The number of hydrogen-bond donors (Lipinski definition) is 2. The maximum absolute atomic E-state index is 13.0. The zero-order valence-electron chi connectivity index (χ0n) is 20.2. The standard InChI is InChI=1S/C27H41N3O3/c1-2-3-4-5-9-16-25(31)30-19-17-22(18-20-30)27(33)29-24-15-11-10-14-23(24)28-26(32)21-12-7-6-8-13-21/h6-8,12-13,22-24H,2-5,9-11,14-20H2,1H3,(H,28,32)(H,29,33)/t23-,24-/m1/s1. The number of nitrogens with one attached hydrogen (secondary N) is 2. The Morgan fingerprint density at radius 1 is 0.848 bits per heavy atom. The number of carbonyl (C=O) groups excluding carboxylic acids is 3. The lowest BCUT2D eigenvalue weighted by molar-refractivity contribution is -0.136. The number of likely N-dealkylation sites (tertiary alicyclic amines) is 1. The second-order valence-corrected chi connectivity index (χ2v) is 9.66. The van der Waals surface area contributed by atoms with E-state index >= 15 is 0 Å². The van der Waals surface area contributed by atoms with E-state index in [1.165, 1.54) is 19.3 Å². The first-order chi connectivity index (χ1) is 16.1. The van der Waals surface area contributed by atoms with Crippen molar-refractivity contribution >= 4 is 17.7 Å². The van der Waals surface area contributed by atoms with Gasteiger partial charge in [-0.25, -0.2) is 0 Å². The maximum atomic E-state index is 13.0. The van der Waals surface area contributed by atoms with E-state index in [9.17, 15) is 14.4 Å². The normalized spacial score (nSPS) is 21.4. The summed E-state index contributed by atoms with van der Waals surface area (Å²) in [4.78, 5) is 40.0. The summed E-state index contributed by atoms with van der Waals surface area (Å²) in [5, 5.41) is 6.38. The molecule has 1 aromatic rings. The molecule has 2 atom stereocenters.